The molecular weight excluding hydrogens is 346 g/mol. The van der Waals surface area contributed by atoms with E-state index >= 15 is 0 Å². The first kappa shape index (κ1) is 18.0. The number of anilines is 1. The lowest BCUT2D eigenvalue weighted by Crippen LogP contribution is -2.37. The van der Waals surface area contributed by atoms with Crippen LogP contribution in [0.25, 0.3) is 0 Å². The number of nitrogens with zero attached hydrogens (tertiary/aromatic N) is 2. The Morgan fingerprint density at radius 1 is 1.19 bits per heavy atom. The molecule has 132 valence electrons. The van der Waals surface area contributed by atoms with Gasteiger partial charge >= 0.3 is 0 Å². The molecule has 0 radical (unpaired) electrons. The van der Waals surface area contributed by atoms with Crippen molar-refractivity contribution in [1.29, 1.82) is 5.26 Å². The highest BCUT2D eigenvalue weighted by molar-refractivity contribution is 6.30. The zero-order chi connectivity index (χ0) is 18.2. The van der Waals surface area contributed by atoms with Gasteiger partial charge in [0, 0.05) is 41.7 Å². The number of nitriles is 1. The van der Waals surface area contributed by atoms with Crippen LogP contribution in [-0.4, -0.2) is 22.6 Å². The molecule has 3 rings (SSSR count). The second-order valence-corrected chi connectivity index (χ2v) is 6.50. The fourth-order valence-corrected chi connectivity index (χ4v) is 2.88. The third-order valence-corrected chi connectivity index (χ3v) is 4.31. The molecule has 0 spiro atoms. The van der Waals surface area contributed by atoms with E-state index in [1.807, 2.05) is 54.7 Å². The second kappa shape index (κ2) is 9.04. The van der Waals surface area contributed by atoms with E-state index in [4.69, 9.17) is 16.9 Å². The highest BCUT2D eigenvalue weighted by Gasteiger charge is 2.10. The molecular formula is C20H20ClN5. The molecule has 2 aromatic carbocycles. The topological polar surface area (TPSA) is 76.5 Å². The Morgan fingerprint density at radius 3 is 2.73 bits per heavy atom. The van der Waals surface area contributed by atoms with E-state index in [9.17, 15) is 0 Å². The molecule has 1 aromatic heterocycles. The molecule has 0 aliphatic heterocycles. The van der Waals surface area contributed by atoms with E-state index in [1.54, 1.807) is 6.33 Å². The molecule has 0 amide bonds. The fraction of sp³-hybridized carbons (Fsp3) is 0.200. The predicted octanol–water partition coefficient (Wildman–Crippen LogP) is 3.75. The number of aromatic nitrogens is 2. The summed E-state index contributed by atoms with van der Waals surface area (Å²) < 4.78 is 0. The molecule has 0 aliphatic carbocycles. The number of hydrogen-bond acceptors (Lipinski definition) is 4. The van der Waals surface area contributed by atoms with E-state index in [1.165, 1.54) is 5.56 Å². The van der Waals surface area contributed by atoms with E-state index in [2.05, 4.69) is 26.7 Å². The van der Waals surface area contributed by atoms with Gasteiger partial charge in [0.2, 0.25) is 0 Å². The average molecular weight is 366 g/mol. The smallest absolute Gasteiger partial charge is 0.0991 e. The van der Waals surface area contributed by atoms with Crippen LogP contribution >= 0.6 is 11.6 Å². The Balaban J connectivity index is 1.64. The Kier molecular flexibility index (Phi) is 6.26. The molecule has 0 saturated carbocycles. The third-order valence-electron chi connectivity index (χ3n) is 4.08. The van der Waals surface area contributed by atoms with Gasteiger partial charge in [0.15, 0.2) is 0 Å². The lowest BCUT2D eigenvalue weighted by Gasteiger charge is -2.20. The number of H-pyrrole nitrogens is 1. The number of benzene rings is 2. The van der Waals surface area contributed by atoms with Gasteiger partial charge in [0.05, 0.1) is 18.0 Å². The predicted molar refractivity (Wildman–Crippen MR) is 104 cm³/mol. The maximum absolute atomic E-state index is 8.94. The van der Waals surface area contributed by atoms with E-state index < -0.39 is 0 Å². The van der Waals surface area contributed by atoms with Crippen LogP contribution < -0.4 is 10.6 Å². The van der Waals surface area contributed by atoms with Crippen molar-refractivity contribution < 1.29 is 0 Å². The maximum atomic E-state index is 8.94. The molecule has 0 fully saturated rings. The number of aromatic amines is 1. The van der Waals surface area contributed by atoms with Crippen molar-refractivity contribution in [3.05, 3.63) is 82.9 Å². The fourth-order valence-electron chi connectivity index (χ4n) is 2.69. The highest BCUT2D eigenvalue weighted by atomic mass is 35.5. The van der Waals surface area contributed by atoms with Crippen LogP contribution in [0.3, 0.4) is 0 Å². The number of imidazole rings is 1. The zero-order valence-electron chi connectivity index (χ0n) is 14.2. The maximum Gasteiger partial charge on any atom is 0.0991 e. The van der Waals surface area contributed by atoms with Crippen LogP contribution in [0.5, 0.6) is 0 Å². The summed E-state index contributed by atoms with van der Waals surface area (Å²) in [6.45, 7) is 1.45. The monoisotopic (exact) mass is 365 g/mol. The largest absolute Gasteiger partial charge is 0.383 e. The Hall–Kier alpha value is -2.81. The molecule has 6 heteroatoms. The van der Waals surface area contributed by atoms with Gasteiger partial charge in [-0.05, 0) is 42.3 Å². The van der Waals surface area contributed by atoms with Crippen molar-refractivity contribution in [2.75, 3.05) is 11.9 Å². The standard InChI is InChI=1S/C20H20ClN5/c21-17-2-1-3-18(9-17)24-12-19(25-13-20-11-23-14-26-20)8-15-4-6-16(10-22)7-5-15/h1-7,9,11,14,19,24-25H,8,12-13H2,(H,23,26). The number of hydrogen-bond donors (Lipinski definition) is 3. The zero-order valence-corrected chi connectivity index (χ0v) is 15.0. The molecule has 0 saturated heterocycles. The van der Waals surface area contributed by atoms with Crippen LogP contribution in [-0.2, 0) is 13.0 Å². The van der Waals surface area contributed by atoms with Crippen LogP contribution in [0.4, 0.5) is 5.69 Å². The summed E-state index contributed by atoms with van der Waals surface area (Å²) >= 11 is 6.05. The van der Waals surface area contributed by atoms with Crippen molar-refractivity contribution in [1.82, 2.24) is 15.3 Å². The summed E-state index contributed by atoms with van der Waals surface area (Å²) in [5, 5.41) is 16.6. The summed E-state index contributed by atoms with van der Waals surface area (Å²) in [6.07, 6.45) is 4.33. The van der Waals surface area contributed by atoms with E-state index in [-0.39, 0.29) is 6.04 Å². The molecule has 5 nitrogen and oxygen atoms in total. The molecule has 1 heterocycles. The Morgan fingerprint density at radius 2 is 2.04 bits per heavy atom. The number of nitrogens with one attached hydrogen (secondary N) is 3. The van der Waals surface area contributed by atoms with Gasteiger partial charge in [-0.1, -0.05) is 29.8 Å². The van der Waals surface area contributed by atoms with Crippen LogP contribution in [0.15, 0.2) is 61.1 Å². The minimum atomic E-state index is 0.199. The van der Waals surface area contributed by atoms with Gasteiger partial charge in [-0.15, -0.1) is 0 Å². The van der Waals surface area contributed by atoms with Gasteiger partial charge in [-0.2, -0.15) is 5.26 Å². The van der Waals surface area contributed by atoms with Gasteiger partial charge in [-0.25, -0.2) is 4.98 Å². The quantitative estimate of drug-likeness (QED) is 0.568. The van der Waals surface area contributed by atoms with Gasteiger partial charge in [0.1, 0.15) is 0 Å². The van der Waals surface area contributed by atoms with E-state index in [0.29, 0.717) is 17.1 Å². The van der Waals surface area contributed by atoms with Crippen LogP contribution in [0.2, 0.25) is 5.02 Å². The summed E-state index contributed by atoms with van der Waals surface area (Å²) in [5.41, 5.74) is 3.88. The third kappa shape index (κ3) is 5.35. The normalized spacial score (nSPS) is 11.7. The van der Waals surface area contributed by atoms with E-state index in [0.717, 1.165) is 24.3 Å². The highest BCUT2D eigenvalue weighted by Crippen LogP contribution is 2.15. The molecule has 3 N–H and O–H groups in total. The molecule has 26 heavy (non-hydrogen) atoms. The first-order valence-electron chi connectivity index (χ1n) is 8.42. The summed E-state index contributed by atoms with van der Waals surface area (Å²) in [7, 11) is 0. The second-order valence-electron chi connectivity index (χ2n) is 6.06. The number of rotatable bonds is 8. The minimum absolute atomic E-state index is 0.199. The lowest BCUT2D eigenvalue weighted by atomic mass is 10.0. The Labute approximate surface area is 158 Å². The van der Waals surface area contributed by atoms with Crippen molar-refractivity contribution in [3.63, 3.8) is 0 Å². The molecule has 0 bridgehead atoms. The first-order valence-corrected chi connectivity index (χ1v) is 8.80. The SMILES string of the molecule is N#Cc1ccc(CC(CNc2cccc(Cl)c2)NCc2cnc[nH]2)cc1. The molecule has 0 aliphatic rings. The first-order chi connectivity index (χ1) is 12.7. The van der Waals surface area contributed by atoms with Gasteiger partial charge in [-0.3, -0.25) is 0 Å². The summed E-state index contributed by atoms with van der Waals surface area (Å²) in [4.78, 5) is 7.16. The average Bonchev–Trinajstić information content (AvgIpc) is 3.18. The van der Waals surface area contributed by atoms with Crippen LogP contribution in [0.1, 0.15) is 16.8 Å². The van der Waals surface area contributed by atoms with Gasteiger partial charge in [0.25, 0.3) is 0 Å². The molecule has 3 aromatic rings. The van der Waals surface area contributed by atoms with Gasteiger partial charge < -0.3 is 15.6 Å². The lowest BCUT2D eigenvalue weighted by molar-refractivity contribution is 0.522. The van der Waals surface area contributed by atoms with Crippen molar-refractivity contribution >= 4 is 17.3 Å². The van der Waals surface area contributed by atoms with Crippen molar-refractivity contribution in [2.45, 2.75) is 19.0 Å². The summed E-state index contributed by atoms with van der Waals surface area (Å²) in [6, 6.07) is 17.8. The van der Waals surface area contributed by atoms with Crippen molar-refractivity contribution in [3.8, 4) is 6.07 Å². The Bertz CT molecular complexity index is 853. The molecule has 1 unspecified atom stereocenters. The molecule has 1 atom stereocenters. The minimum Gasteiger partial charge on any atom is -0.383 e. The summed E-state index contributed by atoms with van der Waals surface area (Å²) in [5.74, 6) is 0. The van der Waals surface area contributed by atoms with Crippen molar-refractivity contribution in [2.24, 2.45) is 0 Å². The van der Waals surface area contributed by atoms with Crippen LogP contribution in [0, 0.1) is 11.3 Å². The number of halogens is 1.